The van der Waals surface area contributed by atoms with E-state index in [9.17, 15) is 4.79 Å². The summed E-state index contributed by atoms with van der Waals surface area (Å²) in [5.74, 6) is 1.24. The van der Waals surface area contributed by atoms with Crippen LogP contribution in [0.5, 0.6) is 0 Å². The highest BCUT2D eigenvalue weighted by Crippen LogP contribution is 2.30. The highest BCUT2D eigenvalue weighted by molar-refractivity contribution is 5.90. The third-order valence-electron chi connectivity index (χ3n) is 4.80. The van der Waals surface area contributed by atoms with E-state index in [2.05, 4.69) is 27.6 Å². The quantitative estimate of drug-likeness (QED) is 0.674. The first-order chi connectivity index (χ1) is 12.2. The molecule has 1 N–H and O–H groups in total. The number of rotatable bonds is 5. The van der Waals surface area contributed by atoms with Crippen LogP contribution in [0, 0.1) is 12.8 Å². The van der Waals surface area contributed by atoms with E-state index in [4.69, 9.17) is 5.10 Å². The fourth-order valence-corrected chi connectivity index (χ4v) is 3.26. The minimum atomic E-state index is 0.0204. The topological polar surface area (TPSA) is 62.5 Å². The van der Waals surface area contributed by atoms with E-state index in [0.717, 1.165) is 48.7 Å². The van der Waals surface area contributed by atoms with Crippen LogP contribution in [0.4, 0.5) is 5.82 Å². The molecule has 0 spiro atoms. The van der Waals surface area contributed by atoms with Gasteiger partial charge >= 0.3 is 0 Å². The number of aryl methyl sites for hydroxylation is 1. The molecule has 2 aliphatic rings. The molecule has 1 aromatic heterocycles. The number of hydrogen-bond donors (Lipinski definition) is 1. The molecular formula is C19H23N5O. The zero-order chi connectivity index (χ0) is 17.2. The van der Waals surface area contributed by atoms with Gasteiger partial charge in [0, 0.05) is 19.0 Å². The number of nitrogens with zero attached hydrogens (tertiary/aromatic N) is 4. The van der Waals surface area contributed by atoms with Crippen molar-refractivity contribution >= 4 is 17.9 Å². The van der Waals surface area contributed by atoms with Crippen LogP contribution in [-0.2, 0) is 4.79 Å². The van der Waals surface area contributed by atoms with Crippen molar-refractivity contribution in [3.63, 3.8) is 0 Å². The van der Waals surface area contributed by atoms with Crippen LogP contribution >= 0.6 is 0 Å². The Morgan fingerprint density at radius 1 is 1.24 bits per heavy atom. The van der Waals surface area contributed by atoms with Gasteiger partial charge in [0.15, 0.2) is 0 Å². The zero-order valence-corrected chi connectivity index (χ0v) is 14.5. The van der Waals surface area contributed by atoms with Crippen molar-refractivity contribution in [2.75, 3.05) is 18.0 Å². The van der Waals surface area contributed by atoms with Gasteiger partial charge < -0.3 is 4.90 Å². The second-order valence-electron chi connectivity index (χ2n) is 6.77. The van der Waals surface area contributed by atoms with E-state index >= 15 is 0 Å². The number of nitrogens with one attached hydrogen (secondary N) is 1. The Morgan fingerprint density at radius 2 is 1.96 bits per heavy atom. The van der Waals surface area contributed by atoms with Crippen molar-refractivity contribution in [2.45, 2.75) is 32.6 Å². The predicted octanol–water partition coefficient (Wildman–Crippen LogP) is 2.64. The van der Waals surface area contributed by atoms with Gasteiger partial charge in [-0.25, -0.2) is 10.1 Å². The predicted molar refractivity (Wildman–Crippen MR) is 98.2 cm³/mol. The van der Waals surface area contributed by atoms with Crippen molar-refractivity contribution in [3.8, 4) is 5.69 Å². The van der Waals surface area contributed by atoms with Crippen LogP contribution in [-0.4, -0.2) is 35.0 Å². The molecule has 1 aliphatic heterocycles. The van der Waals surface area contributed by atoms with Gasteiger partial charge in [0.2, 0.25) is 5.91 Å². The first kappa shape index (κ1) is 15.9. The molecule has 1 saturated carbocycles. The third kappa shape index (κ3) is 3.29. The summed E-state index contributed by atoms with van der Waals surface area (Å²) >= 11 is 0. The lowest BCUT2D eigenvalue weighted by atomic mass is 10.2. The Morgan fingerprint density at radius 3 is 2.64 bits per heavy atom. The maximum absolute atomic E-state index is 11.8. The number of carbonyl (C=O) groups excluding carboxylic acids is 1. The highest BCUT2D eigenvalue weighted by atomic mass is 16.2. The van der Waals surface area contributed by atoms with Crippen LogP contribution in [0.3, 0.4) is 0 Å². The molecule has 4 rings (SSSR count). The van der Waals surface area contributed by atoms with E-state index in [1.165, 1.54) is 12.8 Å². The molecule has 2 aromatic rings. The zero-order valence-electron chi connectivity index (χ0n) is 14.5. The van der Waals surface area contributed by atoms with Gasteiger partial charge in [-0.1, -0.05) is 18.2 Å². The molecule has 1 amide bonds. The number of hydrazone groups is 1. The van der Waals surface area contributed by atoms with Gasteiger partial charge in [-0.2, -0.15) is 10.2 Å². The van der Waals surface area contributed by atoms with Gasteiger partial charge in [0.25, 0.3) is 0 Å². The normalized spacial score (nSPS) is 17.4. The number of hydrogen-bond acceptors (Lipinski definition) is 4. The molecule has 0 unspecified atom stereocenters. The average molecular weight is 337 g/mol. The fourth-order valence-electron chi connectivity index (χ4n) is 3.26. The van der Waals surface area contributed by atoms with Crippen LogP contribution in [0.15, 0.2) is 35.4 Å². The fraction of sp³-hybridized carbons (Fsp3) is 0.421. The van der Waals surface area contributed by atoms with Crippen molar-refractivity contribution in [2.24, 2.45) is 11.0 Å². The van der Waals surface area contributed by atoms with Crippen molar-refractivity contribution in [1.82, 2.24) is 15.2 Å². The largest absolute Gasteiger partial charge is 0.356 e. The Labute approximate surface area is 147 Å². The summed E-state index contributed by atoms with van der Waals surface area (Å²) in [6.45, 7) is 4.03. The summed E-state index contributed by atoms with van der Waals surface area (Å²) in [6.07, 6.45) is 6.08. The van der Waals surface area contributed by atoms with E-state index in [-0.39, 0.29) is 11.8 Å². The van der Waals surface area contributed by atoms with Crippen LogP contribution in [0.25, 0.3) is 5.69 Å². The van der Waals surface area contributed by atoms with Crippen LogP contribution in [0.1, 0.15) is 36.9 Å². The van der Waals surface area contributed by atoms with E-state index in [0.29, 0.717) is 0 Å². The lowest BCUT2D eigenvalue weighted by Crippen LogP contribution is -2.23. The smallest absolute Gasteiger partial charge is 0.243 e. The van der Waals surface area contributed by atoms with Crippen molar-refractivity contribution < 1.29 is 4.79 Å². The summed E-state index contributed by atoms with van der Waals surface area (Å²) in [5.41, 5.74) is 5.58. The Bertz CT molecular complexity index is 786. The third-order valence-corrected chi connectivity index (χ3v) is 4.80. The minimum Gasteiger partial charge on any atom is -0.356 e. The Kier molecular flexibility index (Phi) is 4.26. The average Bonchev–Trinajstić information content (AvgIpc) is 3.25. The van der Waals surface area contributed by atoms with Crippen LogP contribution < -0.4 is 10.3 Å². The number of para-hydroxylation sites is 1. The SMILES string of the molecule is Cc1nn(-c2ccccc2)c(N2CCCC2)c1/C=N\NC(=O)C1CC1. The van der Waals surface area contributed by atoms with Crippen LogP contribution in [0.2, 0.25) is 0 Å². The van der Waals surface area contributed by atoms with E-state index in [1.807, 2.05) is 29.8 Å². The van der Waals surface area contributed by atoms with Gasteiger partial charge in [0.1, 0.15) is 5.82 Å². The molecule has 6 heteroatoms. The summed E-state index contributed by atoms with van der Waals surface area (Å²) in [6, 6.07) is 10.2. The summed E-state index contributed by atoms with van der Waals surface area (Å²) in [7, 11) is 0. The molecule has 0 bridgehead atoms. The monoisotopic (exact) mass is 337 g/mol. The standard InChI is InChI=1S/C19H23N5O/c1-14-17(13-20-21-18(25)15-9-10-15)19(23-11-5-6-12-23)24(22-14)16-7-3-2-4-8-16/h2-4,7-8,13,15H,5-6,9-12H2,1H3,(H,21,25)/b20-13-. The molecule has 6 nitrogen and oxygen atoms in total. The first-order valence-electron chi connectivity index (χ1n) is 8.97. The lowest BCUT2D eigenvalue weighted by Gasteiger charge is -2.20. The highest BCUT2D eigenvalue weighted by Gasteiger charge is 2.29. The van der Waals surface area contributed by atoms with E-state index in [1.54, 1.807) is 6.21 Å². The number of aromatic nitrogens is 2. The minimum absolute atomic E-state index is 0.0204. The molecule has 1 saturated heterocycles. The molecular weight excluding hydrogens is 314 g/mol. The first-order valence-corrected chi connectivity index (χ1v) is 8.97. The molecule has 130 valence electrons. The number of anilines is 1. The number of benzene rings is 1. The molecule has 25 heavy (non-hydrogen) atoms. The molecule has 0 radical (unpaired) electrons. The maximum Gasteiger partial charge on any atom is 0.243 e. The molecule has 1 aliphatic carbocycles. The second-order valence-corrected chi connectivity index (χ2v) is 6.77. The molecule has 1 aromatic carbocycles. The molecule has 0 atom stereocenters. The number of carbonyl (C=O) groups is 1. The second kappa shape index (κ2) is 6.70. The van der Waals surface area contributed by atoms with Crippen molar-refractivity contribution in [3.05, 3.63) is 41.6 Å². The van der Waals surface area contributed by atoms with Gasteiger partial charge in [-0.15, -0.1) is 0 Å². The maximum atomic E-state index is 11.8. The summed E-state index contributed by atoms with van der Waals surface area (Å²) in [4.78, 5) is 14.2. The Hall–Kier alpha value is -2.63. The Balaban J connectivity index is 1.68. The van der Waals surface area contributed by atoms with Gasteiger partial charge in [-0.05, 0) is 44.7 Å². The molecule has 2 heterocycles. The number of amides is 1. The lowest BCUT2D eigenvalue weighted by molar-refractivity contribution is -0.122. The van der Waals surface area contributed by atoms with Gasteiger partial charge in [0.05, 0.1) is 23.2 Å². The molecule has 2 fully saturated rings. The van der Waals surface area contributed by atoms with Gasteiger partial charge in [-0.3, -0.25) is 4.79 Å². The van der Waals surface area contributed by atoms with Crippen molar-refractivity contribution in [1.29, 1.82) is 0 Å². The summed E-state index contributed by atoms with van der Waals surface area (Å²) in [5, 5.41) is 8.94. The summed E-state index contributed by atoms with van der Waals surface area (Å²) < 4.78 is 1.99. The van der Waals surface area contributed by atoms with E-state index < -0.39 is 0 Å².